The molecule has 0 aliphatic carbocycles. The third kappa shape index (κ3) is 4.89. The molecule has 0 heterocycles. The third-order valence-electron chi connectivity index (χ3n) is 6.05. The molecule has 0 atom stereocenters. The molecular weight excluding hydrogens is 366 g/mol. The number of ether oxygens (including phenoxy) is 3. The van der Waals surface area contributed by atoms with Gasteiger partial charge in [0.1, 0.15) is 17.2 Å². The maximum Gasteiger partial charge on any atom is 1.00 e. The Morgan fingerprint density at radius 3 is 1.10 bits per heavy atom. The second-order valence-electron chi connectivity index (χ2n) is 7.51. The quantitative estimate of drug-likeness (QED) is 0.505. The van der Waals surface area contributed by atoms with Gasteiger partial charge in [-0.05, 0) is 36.4 Å². The van der Waals surface area contributed by atoms with E-state index in [0.717, 1.165) is 36.4 Å². The molecule has 0 aliphatic heterocycles. The van der Waals surface area contributed by atoms with Crippen LogP contribution >= 0.6 is 0 Å². The summed E-state index contributed by atoms with van der Waals surface area (Å²) in [6.45, 7) is 2.25. The van der Waals surface area contributed by atoms with Crippen molar-refractivity contribution in [3.8, 4) is 17.2 Å². The van der Waals surface area contributed by atoms with Crippen LogP contribution in [-0.2, 0) is 0 Å². The molecule has 152 valence electrons. The number of hydrogen-bond acceptors (Lipinski definition) is 3. The van der Waals surface area contributed by atoms with Gasteiger partial charge in [-0.2, -0.15) is 22.7 Å². The van der Waals surface area contributed by atoms with Gasteiger partial charge in [0.05, 0.1) is 27.5 Å². The molecule has 0 saturated carbocycles. The molecule has 5 heteroatoms. The van der Waals surface area contributed by atoms with Gasteiger partial charge in [0.25, 0.3) is 0 Å². The monoisotopic (exact) mass is 396 g/mol. The number of benzene rings is 3. The fourth-order valence-electron chi connectivity index (χ4n) is 4.38. The summed E-state index contributed by atoms with van der Waals surface area (Å²) in [4.78, 5) is 0. The Labute approximate surface area is 192 Å². The van der Waals surface area contributed by atoms with E-state index in [-0.39, 0.29) is 18.9 Å². The molecule has 30 heavy (non-hydrogen) atoms. The molecule has 0 radical (unpaired) electrons. The molecule has 3 rings (SSSR count). The molecule has 3 nitrogen and oxygen atoms in total. The van der Waals surface area contributed by atoms with Crippen molar-refractivity contribution in [3.63, 3.8) is 0 Å². The van der Waals surface area contributed by atoms with Crippen LogP contribution in [0.1, 0.15) is 19.8 Å². The van der Waals surface area contributed by atoms with Crippen LogP contribution in [0.15, 0.2) is 72.8 Å². The van der Waals surface area contributed by atoms with Gasteiger partial charge in [0.15, 0.2) is 0 Å². The van der Waals surface area contributed by atoms with Crippen LogP contribution in [0.5, 0.6) is 17.2 Å². The van der Waals surface area contributed by atoms with Gasteiger partial charge in [-0.1, -0.05) is 56.2 Å². The Balaban J connectivity index is 0.00000320. The zero-order valence-electron chi connectivity index (χ0n) is 18.9. The summed E-state index contributed by atoms with van der Waals surface area (Å²) in [5, 5.41) is 0. The largest absolute Gasteiger partial charge is 1.00 e. The topological polar surface area (TPSA) is 27.7 Å². The van der Waals surface area contributed by atoms with Gasteiger partial charge < -0.3 is 14.2 Å². The fraction of sp³-hybridized carbons (Fsp3) is 0.280. The van der Waals surface area contributed by atoms with Crippen molar-refractivity contribution in [2.24, 2.45) is 0 Å². The van der Waals surface area contributed by atoms with E-state index in [4.69, 9.17) is 14.2 Å². The molecule has 0 spiro atoms. The van der Waals surface area contributed by atoms with E-state index in [9.17, 15) is 0 Å². The van der Waals surface area contributed by atoms with Crippen molar-refractivity contribution < 1.29 is 33.1 Å². The van der Waals surface area contributed by atoms with E-state index in [1.165, 1.54) is 16.4 Å². The van der Waals surface area contributed by atoms with Crippen LogP contribution in [0.2, 0.25) is 6.32 Å². The van der Waals surface area contributed by atoms with Crippen molar-refractivity contribution in [1.82, 2.24) is 0 Å². The van der Waals surface area contributed by atoms with E-state index in [0.29, 0.717) is 0 Å². The molecule has 0 saturated heterocycles. The molecule has 3 aromatic rings. The molecular formula is C25H30BLiO3. The van der Waals surface area contributed by atoms with Gasteiger partial charge in [0, 0.05) is 0 Å². The number of rotatable bonds is 9. The summed E-state index contributed by atoms with van der Waals surface area (Å²) in [7, 11) is 5.12. The van der Waals surface area contributed by atoms with Crippen molar-refractivity contribution in [2.75, 3.05) is 21.3 Å². The average Bonchev–Trinajstić information content (AvgIpc) is 2.80. The molecule has 0 fully saturated rings. The van der Waals surface area contributed by atoms with Crippen LogP contribution in [0.4, 0.5) is 0 Å². The summed E-state index contributed by atoms with van der Waals surface area (Å²) in [5.74, 6) is 2.62. The smallest absolute Gasteiger partial charge is 0.497 e. The Morgan fingerprint density at radius 1 is 0.567 bits per heavy atom. The molecule has 0 aromatic heterocycles. The third-order valence-corrected chi connectivity index (χ3v) is 6.05. The second kappa shape index (κ2) is 11.2. The van der Waals surface area contributed by atoms with E-state index in [1.807, 2.05) is 0 Å². The minimum absolute atomic E-state index is 0. The van der Waals surface area contributed by atoms with Gasteiger partial charge in [0.2, 0.25) is 0 Å². The van der Waals surface area contributed by atoms with Crippen molar-refractivity contribution in [2.45, 2.75) is 26.1 Å². The Hall–Kier alpha value is -2.28. The van der Waals surface area contributed by atoms with Gasteiger partial charge in [-0.25, -0.2) is 0 Å². The molecule has 0 N–H and O–H groups in total. The maximum atomic E-state index is 5.41. The van der Waals surface area contributed by atoms with Gasteiger partial charge >= 0.3 is 18.9 Å². The summed E-state index contributed by atoms with van der Waals surface area (Å²) in [6, 6.07) is 25.6. The number of hydrogen-bond donors (Lipinski definition) is 0. The predicted octanol–water partition coefficient (Wildman–Crippen LogP) is 0.987. The SMILES string of the molecule is CCCC[B-](c1ccc(OC)cc1)(c1ccc(OC)cc1)c1ccc(OC)cc1.[Li+]. The first-order chi connectivity index (χ1) is 14.2. The Morgan fingerprint density at radius 2 is 0.867 bits per heavy atom. The van der Waals surface area contributed by atoms with E-state index in [2.05, 4.69) is 79.7 Å². The van der Waals surface area contributed by atoms with Gasteiger partial charge in [-0.3, -0.25) is 0 Å². The number of methoxy groups -OCH3 is 3. The molecule has 0 aliphatic rings. The van der Waals surface area contributed by atoms with Crippen molar-refractivity contribution in [1.29, 1.82) is 0 Å². The van der Waals surface area contributed by atoms with Crippen LogP contribution in [0.25, 0.3) is 0 Å². The zero-order valence-corrected chi connectivity index (χ0v) is 18.9. The van der Waals surface area contributed by atoms with E-state index in [1.54, 1.807) is 21.3 Å². The standard InChI is InChI=1S/C25H30BO3.Li/c1-5-6-19-26(20-7-13-23(27-2)14-8-20,21-9-15-24(28-3)16-10-21)22-11-17-25(29-4)18-12-22;/h7-18H,5-6,19H2,1-4H3;/q-1;+1. The van der Waals surface area contributed by atoms with Crippen molar-refractivity contribution in [3.05, 3.63) is 72.8 Å². The zero-order chi connectivity index (χ0) is 20.7. The summed E-state index contributed by atoms with van der Waals surface area (Å²) in [5.41, 5.74) is 3.94. The molecule has 3 aromatic carbocycles. The van der Waals surface area contributed by atoms with Crippen LogP contribution in [0.3, 0.4) is 0 Å². The van der Waals surface area contributed by atoms with Crippen molar-refractivity contribution >= 4 is 22.5 Å². The first-order valence-electron chi connectivity index (χ1n) is 10.3. The van der Waals surface area contributed by atoms with Crippen LogP contribution in [-0.4, -0.2) is 27.5 Å². The number of unbranched alkanes of at least 4 members (excludes halogenated alkanes) is 1. The molecule has 0 bridgehead atoms. The maximum absolute atomic E-state index is 5.41. The first-order valence-corrected chi connectivity index (χ1v) is 10.3. The minimum Gasteiger partial charge on any atom is -0.497 e. The first kappa shape index (κ1) is 24.0. The summed E-state index contributed by atoms with van der Waals surface area (Å²) in [6.07, 6.45) is 2.22. The molecule has 0 amide bonds. The van der Waals surface area contributed by atoms with E-state index < -0.39 is 6.15 Å². The Bertz CT molecular complexity index is 778. The van der Waals surface area contributed by atoms with Crippen LogP contribution in [0, 0.1) is 0 Å². The van der Waals surface area contributed by atoms with Crippen LogP contribution < -0.4 is 49.5 Å². The summed E-state index contributed by atoms with van der Waals surface area (Å²) >= 11 is 0. The van der Waals surface area contributed by atoms with Gasteiger partial charge in [-0.15, -0.1) is 0 Å². The molecule has 0 unspecified atom stereocenters. The second-order valence-corrected chi connectivity index (χ2v) is 7.51. The Kier molecular flexibility index (Phi) is 8.96. The normalized spacial score (nSPS) is 10.8. The average molecular weight is 396 g/mol. The van der Waals surface area contributed by atoms with E-state index >= 15 is 0 Å². The summed E-state index contributed by atoms with van der Waals surface area (Å²) < 4.78 is 16.2. The fourth-order valence-corrected chi connectivity index (χ4v) is 4.38. The predicted molar refractivity (Wildman–Crippen MR) is 123 cm³/mol. The minimum atomic E-state index is -1.14.